The van der Waals surface area contributed by atoms with Crippen LogP contribution in [-0.4, -0.2) is 11.8 Å². The first-order valence-corrected chi connectivity index (χ1v) is 7.51. The van der Waals surface area contributed by atoms with E-state index in [1.54, 1.807) is 48.5 Å². The fourth-order valence-electron chi connectivity index (χ4n) is 1.82. The number of rotatable bonds is 5. The lowest BCUT2D eigenvalue weighted by molar-refractivity contribution is -0.116. The lowest BCUT2D eigenvalue weighted by atomic mass is 10.1. The fraction of sp³-hybridized carbons (Fsp3) is 0.0588. The smallest absolute Gasteiger partial charge is 0.248 e. The van der Waals surface area contributed by atoms with Crippen molar-refractivity contribution in [3.05, 3.63) is 75.3 Å². The van der Waals surface area contributed by atoms with Crippen LogP contribution in [-0.2, 0) is 11.3 Å². The van der Waals surface area contributed by atoms with Crippen molar-refractivity contribution in [2.45, 2.75) is 6.54 Å². The molecule has 6 heteroatoms. The molecule has 0 spiro atoms. The van der Waals surface area contributed by atoms with E-state index in [0.29, 0.717) is 22.2 Å². The molecule has 2 aromatic carbocycles. The minimum atomic E-state index is -0.481. The predicted molar refractivity (Wildman–Crippen MR) is 92.3 cm³/mol. The lowest BCUT2D eigenvalue weighted by Gasteiger charge is -2.03. The van der Waals surface area contributed by atoms with Crippen LogP contribution in [0.2, 0.25) is 10.0 Å². The molecule has 0 atom stereocenters. The van der Waals surface area contributed by atoms with Gasteiger partial charge in [0.25, 0.3) is 0 Å². The highest BCUT2D eigenvalue weighted by atomic mass is 35.5. The van der Waals surface area contributed by atoms with E-state index in [1.165, 1.54) is 6.08 Å². The van der Waals surface area contributed by atoms with Gasteiger partial charge in [-0.15, -0.1) is 0 Å². The Labute approximate surface area is 143 Å². The summed E-state index contributed by atoms with van der Waals surface area (Å²) in [7, 11) is 0. The Morgan fingerprint density at radius 3 is 2.35 bits per heavy atom. The SMILES string of the molecule is NC(=O)c1ccc(CNC(=O)/C=C/c2ccc(Cl)c(Cl)c2)cc1. The molecule has 4 nitrogen and oxygen atoms in total. The summed E-state index contributed by atoms with van der Waals surface area (Å²) in [5, 5.41) is 3.64. The highest BCUT2D eigenvalue weighted by Crippen LogP contribution is 2.23. The van der Waals surface area contributed by atoms with E-state index in [0.717, 1.165) is 11.1 Å². The number of carbonyl (C=O) groups is 2. The van der Waals surface area contributed by atoms with Crippen LogP contribution >= 0.6 is 23.2 Å². The highest BCUT2D eigenvalue weighted by molar-refractivity contribution is 6.42. The number of hydrogen-bond acceptors (Lipinski definition) is 2. The summed E-state index contributed by atoms with van der Waals surface area (Å²) in [6.07, 6.45) is 3.06. The topological polar surface area (TPSA) is 72.2 Å². The third kappa shape index (κ3) is 5.13. The van der Waals surface area contributed by atoms with Crippen molar-refractivity contribution in [2.75, 3.05) is 0 Å². The van der Waals surface area contributed by atoms with Crippen molar-refractivity contribution in [3.8, 4) is 0 Å². The van der Waals surface area contributed by atoms with Crippen molar-refractivity contribution in [2.24, 2.45) is 5.73 Å². The number of amides is 2. The number of halogens is 2. The molecule has 0 aliphatic rings. The molecule has 0 saturated heterocycles. The van der Waals surface area contributed by atoms with Crippen molar-refractivity contribution < 1.29 is 9.59 Å². The number of benzene rings is 2. The zero-order valence-corrected chi connectivity index (χ0v) is 13.6. The minimum absolute atomic E-state index is 0.241. The van der Waals surface area contributed by atoms with Crippen molar-refractivity contribution in [1.29, 1.82) is 0 Å². The van der Waals surface area contributed by atoms with Crippen molar-refractivity contribution in [1.82, 2.24) is 5.32 Å². The van der Waals surface area contributed by atoms with E-state index in [4.69, 9.17) is 28.9 Å². The number of nitrogens with one attached hydrogen (secondary N) is 1. The molecular formula is C17H14Cl2N2O2. The van der Waals surface area contributed by atoms with E-state index in [2.05, 4.69) is 5.32 Å². The molecule has 0 radical (unpaired) electrons. The average molecular weight is 349 g/mol. The number of nitrogens with two attached hydrogens (primary N) is 1. The van der Waals surface area contributed by atoms with E-state index in [9.17, 15) is 9.59 Å². The maximum atomic E-state index is 11.8. The number of primary amides is 1. The molecule has 0 heterocycles. The van der Waals surface area contributed by atoms with Gasteiger partial charge in [-0.3, -0.25) is 9.59 Å². The summed E-state index contributed by atoms with van der Waals surface area (Å²) in [4.78, 5) is 22.8. The van der Waals surface area contributed by atoms with Crippen molar-refractivity contribution >= 4 is 41.1 Å². The summed E-state index contributed by atoms with van der Waals surface area (Å²) in [6, 6.07) is 11.8. The molecule has 23 heavy (non-hydrogen) atoms. The molecule has 0 fully saturated rings. The largest absolute Gasteiger partial charge is 0.366 e. The van der Waals surface area contributed by atoms with E-state index in [-0.39, 0.29) is 5.91 Å². The van der Waals surface area contributed by atoms with Crippen molar-refractivity contribution in [3.63, 3.8) is 0 Å². The molecule has 0 aromatic heterocycles. The molecule has 2 amide bonds. The lowest BCUT2D eigenvalue weighted by Crippen LogP contribution is -2.20. The van der Waals surface area contributed by atoms with Crippen LogP contribution in [0.4, 0.5) is 0 Å². The van der Waals surface area contributed by atoms with Gasteiger partial charge in [0.1, 0.15) is 0 Å². The van der Waals surface area contributed by atoms with E-state index >= 15 is 0 Å². The average Bonchev–Trinajstić information content (AvgIpc) is 2.54. The van der Waals surface area contributed by atoms with Crippen LogP contribution < -0.4 is 11.1 Å². The van der Waals surface area contributed by atoms with Gasteiger partial charge in [0, 0.05) is 18.2 Å². The summed E-state index contributed by atoms with van der Waals surface area (Å²) in [5.74, 6) is -0.722. The first-order chi connectivity index (χ1) is 11.0. The Balaban J connectivity index is 1.90. The highest BCUT2D eigenvalue weighted by Gasteiger charge is 2.01. The third-order valence-electron chi connectivity index (χ3n) is 3.08. The third-order valence-corrected chi connectivity index (χ3v) is 3.82. The second kappa shape index (κ2) is 7.81. The van der Waals surface area contributed by atoms with Crippen LogP contribution in [0.1, 0.15) is 21.5 Å². The first-order valence-electron chi connectivity index (χ1n) is 6.75. The minimum Gasteiger partial charge on any atom is -0.366 e. The number of carbonyl (C=O) groups excluding carboxylic acids is 2. The van der Waals surface area contributed by atoms with Crippen LogP contribution in [0.3, 0.4) is 0 Å². The van der Waals surface area contributed by atoms with Crippen LogP contribution in [0.15, 0.2) is 48.5 Å². The van der Waals surface area contributed by atoms with E-state index < -0.39 is 5.91 Å². The Morgan fingerprint density at radius 1 is 1.04 bits per heavy atom. The summed E-state index contributed by atoms with van der Waals surface area (Å²) in [5.41, 5.74) is 7.24. The summed E-state index contributed by atoms with van der Waals surface area (Å²) >= 11 is 11.7. The predicted octanol–water partition coefficient (Wildman–Crippen LogP) is 3.42. The van der Waals surface area contributed by atoms with E-state index in [1.807, 2.05) is 0 Å². The molecule has 0 bridgehead atoms. The molecular weight excluding hydrogens is 335 g/mol. The van der Waals surface area contributed by atoms with Gasteiger partial charge in [-0.05, 0) is 41.5 Å². The van der Waals surface area contributed by atoms with Gasteiger partial charge >= 0.3 is 0 Å². The number of hydrogen-bond donors (Lipinski definition) is 2. The summed E-state index contributed by atoms with van der Waals surface area (Å²) < 4.78 is 0. The van der Waals surface area contributed by atoms with Gasteiger partial charge in [0.2, 0.25) is 11.8 Å². The van der Waals surface area contributed by atoms with Crippen LogP contribution in [0.25, 0.3) is 6.08 Å². The van der Waals surface area contributed by atoms with Gasteiger partial charge in [0.05, 0.1) is 10.0 Å². The van der Waals surface area contributed by atoms with Crippen LogP contribution in [0.5, 0.6) is 0 Å². The van der Waals surface area contributed by atoms with Gasteiger partial charge in [-0.1, -0.05) is 41.4 Å². The molecule has 0 aliphatic carbocycles. The van der Waals surface area contributed by atoms with Gasteiger partial charge < -0.3 is 11.1 Å². The molecule has 0 aliphatic heterocycles. The molecule has 118 valence electrons. The zero-order valence-electron chi connectivity index (χ0n) is 12.1. The quantitative estimate of drug-likeness (QED) is 0.812. The zero-order chi connectivity index (χ0) is 16.8. The monoisotopic (exact) mass is 348 g/mol. The van der Waals surface area contributed by atoms with Gasteiger partial charge in [-0.2, -0.15) is 0 Å². The Morgan fingerprint density at radius 2 is 1.74 bits per heavy atom. The Kier molecular flexibility index (Phi) is 5.79. The second-order valence-corrected chi connectivity index (χ2v) is 5.60. The second-order valence-electron chi connectivity index (χ2n) is 4.79. The molecule has 2 aromatic rings. The molecule has 2 rings (SSSR count). The normalized spacial score (nSPS) is 10.7. The van der Waals surface area contributed by atoms with Gasteiger partial charge in [0.15, 0.2) is 0 Å². The van der Waals surface area contributed by atoms with Gasteiger partial charge in [-0.25, -0.2) is 0 Å². The Hall–Kier alpha value is -2.30. The maximum Gasteiger partial charge on any atom is 0.248 e. The summed E-state index contributed by atoms with van der Waals surface area (Å²) in [6.45, 7) is 0.351. The molecule has 0 unspecified atom stereocenters. The molecule has 0 saturated carbocycles. The van der Waals surface area contributed by atoms with Crippen LogP contribution in [0, 0.1) is 0 Å². The first kappa shape index (κ1) is 17.1. The fourth-order valence-corrected chi connectivity index (χ4v) is 2.13. The maximum absolute atomic E-state index is 11.8. The standard InChI is InChI=1S/C17H14Cl2N2O2/c18-14-7-3-11(9-15(14)19)4-8-16(22)21-10-12-1-5-13(6-2-12)17(20)23/h1-9H,10H2,(H2,20,23)(H,21,22)/b8-4+. The Bertz CT molecular complexity index is 756. The molecule has 3 N–H and O–H groups in total.